The second-order valence-corrected chi connectivity index (χ2v) is 8.28. The first kappa shape index (κ1) is 22.0. The van der Waals surface area contributed by atoms with Gasteiger partial charge in [0.2, 0.25) is 0 Å². The van der Waals surface area contributed by atoms with Gasteiger partial charge in [-0.05, 0) is 67.9 Å². The lowest BCUT2D eigenvalue weighted by atomic mass is 10.0. The maximum absolute atomic E-state index is 6.16. The Labute approximate surface area is 200 Å². The van der Waals surface area contributed by atoms with Gasteiger partial charge in [0.1, 0.15) is 18.2 Å². The molecular formula is C28H29N3O3. The lowest BCUT2D eigenvalue weighted by molar-refractivity contribution is 0.285. The van der Waals surface area contributed by atoms with E-state index in [4.69, 9.17) is 19.0 Å². The third-order valence-electron chi connectivity index (χ3n) is 6.18. The molecular weight excluding hydrogens is 426 g/mol. The fourth-order valence-electron chi connectivity index (χ4n) is 4.23. The van der Waals surface area contributed by atoms with Crippen LogP contribution < -0.4 is 0 Å². The zero-order valence-corrected chi connectivity index (χ0v) is 19.6. The highest BCUT2D eigenvalue weighted by molar-refractivity contribution is 5.64. The Hall–Kier alpha value is -3.77. The van der Waals surface area contributed by atoms with Crippen molar-refractivity contribution < 1.29 is 13.9 Å². The fraction of sp³-hybridized carbons (Fsp3) is 0.250. The van der Waals surface area contributed by atoms with Crippen LogP contribution in [-0.2, 0) is 16.0 Å². The third-order valence-corrected chi connectivity index (χ3v) is 6.18. The highest BCUT2D eigenvalue weighted by atomic mass is 16.5. The molecule has 0 amide bonds. The summed E-state index contributed by atoms with van der Waals surface area (Å²) in [5.74, 6) is 2.26. The molecule has 34 heavy (non-hydrogen) atoms. The summed E-state index contributed by atoms with van der Waals surface area (Å²) < 4.78 is 19.5. The maximum Gasteiger partial charge on any atom is 0.169 e. The van der Waals surface area contributed by atoms with Crippen LogP contribution in [0, 0.1) is 0 Å². The molecule has 0 radical (unpaired) electrons. The summed E-state index contributed by atoms with van der Waals surface area (Å²) in [5, 5.41) is 4.72. The molecule has 6 nitrogen and oxygen atoms in total. The summed E-state index contributed by atoms with van der Waals surface area (Å²) in [7, 11) is 0. The average molecular weight is 456 g/mol. The highest BCUT2D eigenvalue weighted by Crippen LogP contribution is 2.32. The van der Waals surface area contributed by atoms with Gasteiger partial charge in [-0.2, -0.15) is 5.10 Å². The zero-order chi connectivity index (χ0) is 23.3. The van der Waals surface area contributed by atoms with Crippen LogP contribution in [0.25, 0.3) is 22.9 Å². The minimum absolute atomic E-state index is 0.688. The lowest BCUT2D eigenvalue weighted by Crippen LogP contribution is -2.22. The van der Waals surface area contributed by atoms with Crippen LogP contribution in [0.1, 0.15) is 37.8 Å². The molecule has 3 aromatic rings. The molecule has 1 aliphatic heterocycles. The van der Waals surface area contributed by atoms with Crippen LogP contribution >= 0.6 is 0 Å². The van der Waals surface area contributed by atoms with E-state index in [0.717, 1.165) is 72.1 Å². The second kappa shape index (κ2) is 10.0. The van der Waals surface area contributed by atoms with Crippen molar-refractivity contribution in [1.82, 2.24) is 14.7 Å². The molecule has 1 aromatic carbocycles. The Morgan fingerprint density at radius 2 is 1.85 bits per heavy atom. The van der Waals surface area contributed by atoms with E-state index in [2.05, 4.69) is 37.0 Å². The van der Waals surface area contributed by atoms with E-state index >= 15 is 0 Å². The van der Waals surface area contributed by atoms with Crippen LogP contribution in [0.15, 0.2) is 95.4 Å². The summed E-state index contributed by atoms with van der Waals surface area (Å²) in [5.41, 5.74) is 5.15. The van der Waals surface area contributed by atoms with E-state index in [1.807, 2.05) is 47.3 Å². The van der Waals surface area contributed by atoms with Gasteiger partial charge in [-0.1, -0.05) is 32.1 Å². The van der Waals surface area contributed by atoms with Gasteiger partial charge in [0.25, 0.3) is 0 Å². The van der Waals surface area contributed by atoms with E-state index in [9.17, 15) is 0 Å². The Morgan fingerprint density at radius 1 is 1.03 bits per heavy atom. The summed E-state index contributed by atoms with van der Waals surface area (Å²) in [6, 6.07) is 12.0. The van der Waals surface area contributed by atoms with Crippen molar-refractivity contribution in [2.75, 3.05) is 13.1 Å². The normalized spacial score (nSPS) is 15.4. The van der Waals surface area contributed by atoms with Crippen LogP contribution in [0.2, 0.25) is 0 Å². The molecule has 0 saturated carbocycles. The zero-order valence-electron chi connectivity index (χ0n) is 19.6. The van der Waals surface area contributed by atoms with Crippen molar-refractivity contribution in [3.05, 3.63) is 102 Å². The SMILES string of the molecule is CCN(CC)Cc1cnn(-c2ccc(C3=COC=C(C4=CC=CCC4)O3)cc2)c1-c1ccco1. The maximum atomic E-state index is 6.16. The van der Waals surface area contributed by atoms with Crippen LogP contribution in [0.5, 0.6) is 0 Å². The van der Waals surface area contributed by atoms with E-state index < -0.39 is 0 Å². The Morgan fingerprint density at radius 3 is 2.56 bits per heavy atom. The molecule has 5 rings (SSSR count). The number of nitrogens with zero attached hydrogens (tertiary/aromatic N) is 3. The quantitative estimate of drug-likeness (QED) is 0.391. The summed E-state index contributed by atoms with van der Waals surface area (Å²) in [6.45, 7) is 7.13. The number of hydrogen-bond acceptors (Lipinski definition) is 5. The fourth-order valence-corrected chi connectivity index (χ4v) is 4.23. The van der Waals surface area contributed by atoms with Gasteiger partial charge in [-0.15, -0.1) is 0 Å². The van der Waals surface area contributed by atoms with E-state index in [0.29, 0.717) is 5.76 Å². The van der Waals surface area contributed by atoms with Crippen molar-refractivity contribution in [2.24, 2.45) is 0 Å². The number of allylic oxidation sites excluding steroid dienone is 4. The standard InChI is InChI=1S/C28H29N3O3/c1-3-30(4-2)18-23-17-29-31(28(23)25-11-8-16-33-25)24-14-12-22(13-15-24)27-20-32-19-26(34-27)21-9-6-5-7-10-21/h5-6,8-9,11-17,19-20H,3-4,7,10,18H2,1-2H3. The molecule has 0 bridgehead atoms. The molecule has 0 saturated heterocycles. The molecule has 3 heterocycles. The minimum atomic E-state index is 0.688. The molecule has 2 aromatic heterocycles. The van der Waals surface area contributed by atoms with Gasteiger partial charge >= 0.3 is 0 Å². The van der Waals surface area contributed by atoms with Gasteiger partial charge in [0.05, 0.1) is 18.1 Å². The number of ether oxygens (including phenoxy) is 2. The molecule has 0 unspecified atom stereocenters. The summed E-state index contributed by atoms with van der Waals surface area (Å²) in [6.07, 6.45) is 15.2. The Balaban J connectivity index is 1.41. The highest BCUT2D eigenvalue weighted by Gasteiger charge is 2.20. The second-order valence-electron chi connectivity index (χ2n) is 8.28. The predicted molar refractivity (Wildman–Crippen MR) is 133 cm³/mol. The van der Waals surface area contributed by atoms with Crippen molar-refractivity contribution in [3.8, 4) is 17.1 Å². The molecule has 0 atom stereocenters. The Kier molecular flexibility index (Phi) is 6.49. The molecule has 0 fully saturated rings. The molecule has 2 aliphatic rings. The van der Waals surface area contributed by atoms with Gasteiger partial charge in [-0.25, -0.2) is 4.68 Å². The van der Waals surface area contributed by atoms with Crippen molar-refractivity contribution in [2.45, 2.75) is 33.2 Å². The van der Waals surface area contributed by atoms with Gasteiger partial charge < -0.3 is 13.9 Å². The number of hydrogen-bond donors (Lipinski definition) is 0. The van der Waals surface area contributed by atoms with E-state index in [1.165, 1.54) is 0 Å². The van der Waals surface area contributed by atoms with Crippen LogP contribution in [0.3, 0.4) is 0 Å². The molecule has 174 valence electrons. The van der Waals surface area contributed by atoms with E-state index in [1.54, 1.807) is 18.8 Å². The first-order valence-corrected chi connectivity index (χ1v) is 11.8. The number of furan rings is 1. The number of benzene rings is 1. The molecule has 6 heteroatoms. The van der Waals surface area contributed by atoms with Gasteiger partial charge in [0, 0.05) is 17.7 Å². The van der Waals surface area contributed by atoms with Crippen molar-refractivity contribution in [3.63, 3.8) is 0 Å². The predicted octanol–water partition coefficient (Wildman–Crippen LogP) is 6.44. The van der Waals surface area contributed by atoms with Crippen LogP contribution in [-0.4, -0.2) is 27.8 Å². The van der Waals surface area contributed by atoms with Gasteiger partial charge in [-0.3, -0.25) is 4.90 Å². The first-order chi connectivity index (χ1) is 16.8. The number of rotatable bonds is 8. The molecule has 1 aliphatic carbocycles. The van der Waals surface area contributed by atoms with Crippen LogP contribution in [0.4, 0.5) is 0 Å². The first-order valence-electron chi connectivity index (χ1n) is 11.8. The molecule has 0 N–H and O–H groups in total. The van der Waals surface area contributed by atoms with E-state index in [-0.39, 0.29) is 0 Å². The smallest absolute Gasteiger partial charge is 0.169 e. The Bertz CT molecular complexity index is 1240. The third kappa shape index (κ3) is 4.50. The summed E-state index contributed by atoms with van der Waals surface area (Å²) >= 11 is 0. The topological polar surface area (TPSA) is 52.7 Å². The van der Waals surface area contributed by atoms with Gasteiger partial charge in [0.15, 0.2) is 17.3 Å². The van der Waals surface area contributed by atoms with Crippen molar-refractivity contribution in [1.29, 1.82) is 0 Å². The van der Waals surface area contributed by atoms with Crippen molar-refractivity contribution >= 4 is 5.76 Å². The average Bonchev–Trinajstić information content (AvgIpc) is 3.58. The summed E-state index contributed by atoms with van der Waals surface area (Å²) in [4.78, 5) is 2.37. The monoisotopic (exact) mass is 455 g/mol. The minimum Gasteiger partial charge on any atom is -0.465 e. The number of aromatic nitrogens is 2. The molecule has 0 spiro atoms. The largest absolute Gasteiger partial charge is 0.465 e. The lowest BCUT2D eigenvalue weighted by Gasteiger charge is -2.20.